The van der Waals surface area contributed by atoms with E-state index in [9.17, 15) is 14.7 Å². The third-order valence-electron chi connectivity index (χ3n) is 7.51. The molecule has 0 bridgehead atoms. The van der Waals surface area contributed by atoms with Crippen LogP contribution in [0.25, 0.3) is 11.0 Å². The number of aliphatic hydroxyl groups is 1. The third-order valence-corrected chi connectivity index (χ3v) is 7.51. The van der Waals surface area contributed by atoms with Gasteiger partial charge >= 0.3 is 0 Å². The Labute approximate surface area is 231 Å². The standard InChI is InChI=1S/C29H34N6O5/c1-29(2,38)16-39-23-13-12-21-20(15-31-35(21)25(23)17-6-7-17)27(37)32-18-8-10-19(11-9-18)40-28-24(26(30)36)22-5-3-4-14-34(22)33-28/h3-5,12-15,17-19,38H,6-11,16H2,1-2H3,(H2,30,36)(H,32,37)/t18-,19-. The molecule has 4 aromatic rings. The van der Waals surface area contributed by atoms with Gasteiger partial charge in [0.05, 0.1) is 34.1 Å². The first-order valence-corrected chi connectivity index (χ1v) is 13.8. The van der Waals surface area contributed by atoms with Crippen LogP contribution >= 0.6 is 0 Å². The van der Waals surface area contributed by atoms with Crippen molar-refractivity contribution in [2.75, 3.05) is 6.61 Å². The van der Waals surface area contributed by atoms with Crippen LogP contribution in [0.2, 0.25) is 0 Å². The van der Waals surface area contributed by atoms with Crippen LogP contribution in [0.1, 0.15) is 84.7 Å². The van der Waals surface area contributed by atoms with Crippen molar-refractivity contribution in [2.45, 2.75) is 76.0 Å². The van der Waals surface area contributed by atoms with E-state index in [0.29, 0.717) is 35.6 Å². The van der Waals surface area contributed by atoms with Crippen molar-refractivity contribution in [1.29, 1.82) is 0 Å². The molecule has 6 rings (SSSR count). The van der Waals surface area contributed by atoms with Gasteiger partial charge in [0.2, 0.25) is 5.88 Å². The average Bonchev–Trinajstić information content (AvgIpc) is 3.54. The van der Waals surface area contributed by atoms with E-state index in [1.54, 1.807) is 36.8 Å². The van der Waals surface area contributed by atoms with Gasteiger partial charge in [0.15, 0.2) is 0 Å². The Hall–Kier alpha value is -4.12. The second-order valence-electron chi connectivity index (χ2n) is 11.5. The number of nitrogens with zero attached hydrogens (tertiary/aromatic N) is 4. The van der Waals surface area contributed by atoms with Crippen LogP contribution in [0, 0.1) is 0 Å². The van der Waals surface area contributed by atoms with Gasteiger partial charge < -0.3 is 25.6 Å². The van der Waals surface area contributed by atoms with Gasteiger partial charge in [0, 0.05) is 18.2 Å². The SMILES string of the molecule is CC(C)(O)COc1ccc2c(C(=O)N[C@H]3CC[C@H](Oc4nn5ccccc5c4C(N)=O)CC3)cnn2c1C1CC1. The molecule has 4 heterocycles. The summed E-state index contributed by atoms with van der Waals surface area (Å²) in [4.78, 5) is 25.4. The summed E-state index contributed by atoms with van der Waals surface area (Å²) in [5, 5.41) is 22.2. The number of carbonyl (C=O) groups excluding carboxylic acids is 2. The molecular weight excluding hydrogens is 512 g/mol. The second-order valence-corrected chi connectivity index (χ2v) is 11.5. The van der Waals surface area contributed by atoms with Crippen molar-refractivity contribution in [3.05, 3.63) is 59.5 Å². The molecular formula is C29H34N6O5. The van der Waals surface area contributed by atoms with E-state index in [1.165, 1.54) is 0 Å². The number of ether oxygens (including phenoxy) is 2. The second kappa shape index (κ2) is 10.1. The molecule has 2 aliphatic carbocycles. The molecule has 0 unspecified atom stereocenters. The van der Waals surface area contributed by atoms with E-state index in [-0.39, 0.29) is 36.1 Å². The molecule has 210 valence electrons. The fourth-order valence-corrected chi connectivity index (χ4v) is 5.37. The first-order chi connectivity index (χ1) is 19.2. The van der Waals surface area contributed by atoms with Gasteiger partial charge in [-0.1, -0.05) is 6.07 Å². The fourth-order valence-electron chi connectivity index (χ4n) is 5.37. The zero-order chi connectivity index (χ0) is 28.0. The van der Waals surface area contributed by atoms with Crippen molar-refractivity contribution in [3.63, 3.8) is 0 Å². The van der Waals surface area contributed by atoms with E-state index in [4.69, 9.17) is 15.2 Å². The molecule has 0 aliphatic heterocycles. The lowest BCUT2D eigenvalue weighted by Gasteiger charge is -2.29. The summed E-state index contributed by atoms with van der Waals surface area (Å²) in [5.41, 5.74) is 7.76. The first-order valence-electron chi connectivity index (χ1n) is 13.8. The van der Waals surface area contributed by atoms with Crippen LogP contribution in [-0.2, 0) is 0 Å². The van der Waals surface area contributed by atoms with Crippen LogP contribution in [0.4, 0.5) is 0 Å². The Morgan fingerprint density at radius 1 is 1.10 bits per heavy atom. The summed E-state index contributed by atoms with van der Waals surface area (Å²) in [7, 11) is 0. The van der Waals surface area contributed by atoms with E-state index in [2.05, 4.69) is 15.5 Å². The highest BCUT2D eigenvalue weighted by Gasteiger charge is 2.32. The molecule has 11 nitrogen and oxygen atoms in total. The molecule has 0 spiro atoms. The Bertz CT molecular complexity index is 1570. The van der Waals surface area contributed by atoms with Crippen LogP contribution in [-0.4, -0.2) is 60.5 Å². The highest BCUT2D eigenvalue weighted by molar-refractivity contribution is 6.02. The molecule has 0 aromatic carbocycles. The molecule has 2 fully saturated rings. The summed E-state index contributed by atoms with van der Waals surface area (Å²) in [6.45, 7) is 3.58. The molecule has 11 heteroatoms. The van der Waals surface area contributed by atoms with Gasteiger partial charge in [0.1, 0.15) is 24.0 Å². The van der Waals surface area contributed by atoms with Crippen LogP contribution in [0.5, 0.6) is 11.6 Å². The Balaban J connectivity index is 1.11. The van der Waals surface area contributed by atoms with Gasteiger partial charge in [-0.15, -0.1) is 5.10 Å². The predicted molar refractivity (Wildman–Crippen MR) is 147 cm³/mol. The van der Waals surface area contributed by atoms with Gasteiger partial charge in [-0.25, -0.2) is 9.03 Å². The number of carbonyl (C=O) groups is 2. The topological polar surface area (TPSA) is 145 Å². The molecule has 4 aromatic heterocycles. The number of fused-ring (bicyclic) bond motifs is 2. The van der Waals surface area contributed by atoms with Gasteiger partial charge in [-0.2, -0.15) is 5.10 Å². The lowest BCUT2D eigenvalue weighted by atomic mass is 9.92. The number of amides is 2. The maximum Gasteiger partial charge on any atom is 0.256 e. The Kier molecular flexibility index (Phi) is 6.61. The van der Waals surface area contributed by atoms with E-state index < -0.39 is 11.5 Å². The number of pyridine rings is 2. The maximum atomic E-state index is 13.3. The average molecular weight is 547 g/mol. The normalized spacial score (nSPS) is 19.6. The molecule has 2 aliphatic rings. The van der Waals surface area contributed by atoms with E-state index in [0.717, 1.165) is 36.9 Å². The van der Waals surface area contributed by atoms with Crippen LogP contribution in [0.15, 0.2) is 42.7 Å². The molecule has 40 heavy (non-hydrogen) atoms. The number of hydrogen-bond acceptors (Lipinski definition) is 7. The maximum absolute atomic E-state index is 13.3. The zero-order valence-corrected chi connectivity index (χ0v) is 22.7. The highest BCUT2D eigenvalue weighted by Crippen LogP contribution is 2.44. The Morgan fingerprint density at radius 2 is 1.88 bits per heavy atom. The minimum Gasteiger partial charge on any atom is -0.489 e. The van der Waals surface area contributed by atoms with Crippen molar-refractivity contribution in [1.82, 2.24) is 24.5 Å². The number of primary amides is 1. The highest BCUT2D eigenvalue weighted by atomic mass is 16.5. The monoisotopic (exact) mass is 546 g/mol. The number of hydrogen-bond donors (Lipinski definition) is 3. The largest absolute Gasteiger partial charge is 0.489 e. The molecule has 4 N–H and O–H groups in total. The number of nitrogens with two attached hydrogens (primary N) is 1. The predicted octanol–water partition coefficient (Wildman–Crippen LogP) is 3.23. The quantitative estimate of drug-likeness (QED) is 0.292. The Morgan fingerprint density at radius 3 is 2.58 bits per heavy atom. The van der Waals surface area contributed by atoms with Gasteiger partial charge in [-0.05, 0) is 76.6 Å². The summed E-state index contributed by atoms with van der Waals surface area (Å²) >= 11 is 0. The number of nitrogens with one attached hydrogen (secondary N) is 1. The van der Waals surface area contributed by atoms with Crippen molar-refractivity contribution in [2.24, 2.45) is 5.73 Å². The first kappa shape index (κ1) is 26.1. The molecule has 0 atom stereocenters. The van der Waals surface area contributed by atoms with Crippen LogP contribution < -0.4 is 20.5 Å². The smallest absolute Gasteiger partial charge is 0.256 e. The van der Waals surface area contributed by atoms with E-state index >= 15 is 0 Å². The number of rotatable bonds is 9. The molecule has 0 saturated heterocycles. The lowest BCUT2D eigenvalue weighted by molar-refractivity contribution is 0.0279. The zero-order valence-electron chi connectivity index (χ0n) is 22.7. The molecule has 0 radical (unpaired) electrons. The fraction of sp³-hybridized carbons (Fsp3) is 0.448. The summed E-state index contributed by atoms with van der Waals surface area (Å²) in [6, 6.07) is 9.14. The lowest BCUT2D eigenvalue weighted by Crippen LogP contribution is -2.39. The minimum absolute atomic E-state index is 0.00345. The van der Waals surface area contributed by atoms with Gasteiger partial charge in [-0.3, -0.25) is 9.59 Å². The summed E-state index contributed by atoms with van der Waals surface area (Å²) < 4.78 is 15.5. The summed E-state index contributed by atoms with van der Waals surface area (Å²) in [5.74, 6) is 0.522. The third kappa shape index (κ3) is 5.21. The van der Waals surface area contributed by atoms with Crippen molar-refractivity contribution >= 4 is 22.8 Å². The van der Waals surface area contributed by atoms with Crippen molar-refractivity contribution < 1.29 is 24.2 Å². The minimum atomic E-state index is -0.952. The molecule has 2 amide bonds. The van der Waals surface area contributed by atoms with E-state index in [1.807, 2.05) is 28.8 Å². The van der Waals surface area contributed by atoms with Crippen molar-refractivity contribution in [3.8, 4) is 11.6 Å². The molecule has 2 saturated carbocycles. The van der Waals surface area contributed by atoms with Crippen LogP contribution in [0.3, 0.4) is 0 Å². The summed E-state index contributed by atoms with van der Waals surface area (Å²) in [6.07, 6.45) is 8.20. The van der Waals surface area contributed by atoms with Gasteiger partial charge in [0.25, 0.3) is 11.8 Å². The number of aromatic nitrogens is 4.